The fraction of sp³-hybridized carbons (Fsp3) is 0.286. The number of nitrogens with one attached hydrogen (secondary N) is 1. The second kappa shape index (κ2) is 7.56. The lowest BCUT2D eigenvalue weighted by Crippen LogP contribution is -2.22. The number of aryl methyl sites for hydroxylation is 1. The van der Waals surface area contributed by atoms with Gasteiger partial charge in [0.05, 0.1) is 10.9 Å². The van der Waals surface area contributed by atoms with E-state index in [1.165, 1.54) is 17.3 Å². The summed E-state index contributed by atoms with van der Waals surface area (Å²) in [6.07, 6.45) is 2.30. The third-order valence-corrected chi connectivity index (χ3v) is 5.48. The van der Waals surface area contributed by atoms with E-state index in [1.807, 2.05) is 73.1 Å². The summed E-state index contributed by atoms with van der Waals surface area (Å²) < 4.78 is 1.92. The summed E-state index contributed by atoms with van der Waals surface area (Å²) in [6.45, 7) is 3.91. The molecule has 1 aliphatic carbocycles. The van der Waals surface area contributed by atoms with Gasteiger partial charge in [0.2, 0.25) is 11.1 Å². The van der Waals surface area contributed by atoms with E-state index in [-0.39, 0.29) is 11.2 Å². The van der Waals surface area contributed by atoms with Crippen molar-refractivity contribution in [2.45, 2.75) is 43.0 Å². The number of nitrogens with zero attached hydrogens (tertiary/aromatic N) is 3. The minimum Gasteiger partial charge on any atom is -0.325 e. The molecule has 6 heteroatoms. The highest BCUT2D eigenvalue weighted by atomic mass is 32.2. The monoisotopic (exact) mass is 378 g/mol. The van der Waals surface area contributed by atoms with Gasteiger partial charge in [-0.1, -0.05) is 47.7 Å². The van der Waals surface area contributed by atoms with Crippen molar-refractivity contribution in [2.75, 3.05) is 5.32 Å². The van der Waals surface area contributed by atoms with Crippen molar-refractivity contribution in [3.8, 4) is 5.69 Å². The Morgan fingerprint density at radius 3 is 2.52 bits per heavy atom. The molecule has 0 radical (unpaired) electrons. The fourth-order valence-electron chi connectivity index (χ4n) is 2.81. The number of para-hydroxylation sites is 1. The smallest absolute Gasteiger partial charge is 0.237 e. The Labute approximate surface area is 163 Å². The lowest BCUT2D eigenvalue weighted by atomic mass is 10.2. The molecule has 0 bridgehead atoms. The number of carbonyl (C=O) groups excluding carboxylic acids is 1. The molecule has 3 aromatic rings. The molecule has 0 aliphatic heterocycles. The van der Waals surface area contributed by atoms with Gasteiger partial charge >= 0.3 is 0 Å². The molecule has 1 aliphatic rings. The van der Waals surface area contributed by atoms with Gasteiger partial charge in [-0.15, -0.1) is 5.10 Å². The summed E-state index contributed by atoms with van der Waals surface area (Å²) in [5.41, 5.74) is 2.98. The van der Waals surface area contributed by atoms with Crippen LogP contribution in [0.3, 0.4) is 0 Å². The summed E-state index contributed by atoms with van der Waals surface area (Å²) in [4.78, 5) is 17.2. The van der Waals surface area contributed by atoms with E-state index in [4.69, 9.17) is 4.98 Å². The van der Waals surface area contributed by atoms with Gasteiger partial charge in [-0.3, -0.25) is 4.79 Å². The molecule has 138 valence electrons. The van der Waals surface area contributed by atoms with Crippen LogP contribution in [0.4, 0.5) is 5.69 Å². The molecule has 2 aromatic carbocycles. The molecule has 1 N–H and O–H groups in total. The van der Waals surface area contributed by atoms with Crippen LogP contribution in [0.5, 0.6) is 0 Å². The van der Waals surface area contributed by atoms with Crippen molar-refractivity contribution in [1.82, 2.24) is 14.8 Å². The molecule has 1 amide bonds. The van der Waals surface area contributed by atoms with Gasteiger partial charge in [0.25, 0.3) is 0 Å². The molecule has 0 saturated heterocycles. The average Bonchev–Trinajstić information content (AvgIpc) is 3.44. The first-order valence-corrected chi connectivity index (χ1v) is 10.0. The molecule has 27 heavy (non-hydrogen) atoms. The van der Waals surface area contributed by atoms with E-state index in [0.29, 0.717) is 11.1 Å². The second-order valence-corrected chi connectivity index (χ2v) is 8.20. The zero-order chi connectivity index (χ0) is 18.8. The van der Waals surface area contributed by atoms with Crippen LogP contribution >= 0.6 is 11.8 Å². The van der Waals surface area contributed by atoms with Crippen LogP contribution in [0.15, 0.2) is 59.8 Å². The predicted octanol–water partition coefficient (Wildman–Crippen LogP) is 4.57. The first-order valence-electron chi connectivity index (χ1n) is 9.17. The number of thioether (sulfide) groups is 1. The lowest BCUT2D eigenvalue weighted by Gasteiger charge is -2.10. The van der Waals surface area contributed by atoms with Gasteiger partial charge in [-0.2, -0.15) is 0 Å². The maximum absolute atomic E-state index is 12.5. The Hall–Kier alpha value is -2.60. The Balaban J connectivity index is 1.48. The first kappa shape index (κ1) is 17.8. The molecular formula is C21H22N4OS. The number of anilines is 1. The molecular weight excluding hydrogens is 356 g/mol. The van der Waals surface area contributed by atoms with Crippen LogP contribution in [0.25, 0.3) is 5.69 Å². The van der Waals surface area contributed by atoms with Gasteiger partial charge in [-0.25, -0.2) is 9.67 Å². The van der Waals surface area contributed by atoms with E-state index in [0.717, 1.165) is 30.0 Å². The molecule has 1 unspecified atom stereocenters. The molecule has 0 spiro atoms. The highest BCUT2D eigenvalue weighted by Crippen LogP contribution is 2.40. The fourth-order valence-corrected chi connectivity index (χ4v) is 3.57. The number of hydrogen-bond donors (Lipinski definition) is 1. The summed E-state index contributed by atoms with van der Waals surface area (Å²) in [5.74, 6) is 1.42. The summed E-state index contributed by atoms with van der Waals surface area (Å²) in [7, 11) is 0. The Kier molecular flexibility index (Phi) is 4.99. The number of rotatable bonds is 6. The largest absolute Gasteiger partial charge is 0.325 e. The maximum Gasteiger partial charge on any atom is 0.237 e. The third-order valence-electron chi connectivity index (χ3n) is 4.53. The van der Waals surface area contributed by atoms with E-state index >= 15 is 0 Å². The van der Waals surface area contributed by atoms with Crippen LogP contribution in [-0.4, -0.2) is 25.9 Å². The van der Waals surface area contributed by atoms with Gasteiger partial charge in [-0.05, 0) is 51.0 Å². The summed E-state index contributed by atoms with van der Waals surface area (Å²) >= 11 is 1.39. The van der Waals surface area contributed by atoms with Crippen molar-refractivity contribution in [3.05, 3.63) is 66.0 Å². The Morgan fingerprint density at radius 2 is 1.85 bits per heavy atom. The highest BCUT2D eigenvalue weighted by Gasteiger charge is 2.31. The number of amides is 1. The van der Waals surface area contributed by atoms with E-state index in [1.54, 1.807) is 0 Å². The number of carbonyl (C=O) groups is 1. The summed E-state index contributed by atoms with van der Waals surface area (Å²) in [5, 5.41) is 7.99. The molecule has 5 nitrogen and oxygen atoms in total. The normalized spacial score (nSPS) is 14.7. The molecule has 1 fully saturated rings. The Bertz CT molecular complexity index is 933. The SMILES string of the molecule is Cc1ccc(NC(=O)C(C)Sc2nc(C3CC3)n(-c3ccccc3)n2)cc1. The number of benzene rings is 2. The third kappa shape index (κ3) is 4.22. The second-order valence-electron chi connectivity index (χ2n) is 6.89. The van der Waals surface area contributed by atoms with Crippen molar-refractivity contribution in [3.63, 3.8) is 0 Å². The minimum atomic E-state index is -0.287. The first-order chi connectivity index (χ1) is 13.1. The molecule has 1 atom stereocenters. The summed E-state index contributed by atoms with van der Waals surface area (Å²) in [6, 6.07) is 17.8. The van der Waals surface area contributed by atoms with Gasteiger partial charge in [0, 0.05) is 11.6 Å². The predicted molar refractivity (Wildman–Crippen MR) is 108 cm³/mol. The Morgan fingerprint density at radius 1 is 1.15 bits per heavy atom. The van der Waals surface area contributed by atoms with Crippen LogP contribution in [0, 0.1) is 6.92 Å². The molecule has 1 saturated carbocycles. The minimum absolute atomic E-state index is 0.0483. The van der Waals surface area contributed by atoms with Crippen molar-refractivity contribution < 1.29 is 4.79 Å². The van der Waals surface area contributed by atoms with Gasteiger partial charge < -0.3 is 5.32 Å². The standard InChI is InChI=1S/C21H22N4OS/c1-14-8-12-17(13-9-14)22-20(26)15(2)27-21-23-19(16-10-11-16)25(24-21)18-6-4-3-5-7-18/h3-9,12-13,15-16H,10-11H2,1-2H3,(H,22,26). The highest BCUT2D eigenvalue weighted by molar-refractivity contribution is 8.00. The van der Waals surface area contributed by atoms with E-state index in [2.05, 4.69) is 10.4 Å². The van der Waals surface area contributed by atoms with Crippen LogP contribution < -0.4 is 5.32 Å². The number of aromatic nitrogens is 3. The topological polar surface area (TPSA) is 59.8 Å². The van der Waals surface area contributed by atoms with Gasteiger partial charge in [0.1, 0.15) is 5.82 Å². The van der Waals surface area contributed by atoms with Crippen LogP contribution in [0.1, 0.15) is 37.1 Å². The molecule has 4 rings (SSSR count). The quantitative estimate of drug-likeness (QED) is 0.638. The van der Waals surface area contributed by atoms with Gasteiger partial charge in [0.15, 0.2) is 0 Å². The van der Waals surface area contributed by atoms with Crippen LogP contribution in [-0.2, 0) is 4.79 Å². The average molecular weight is 379 g/mol. The maximum atomic E-state index is 12.5. The lowest BCUT2D eigenvalue weighted by molar-refractivity contribution is -0.115. The van der Waals surface area contributed by atoms with Crippen molar-refractivity contribution in [2.24, 2.45) is 0 Å². The zero-order valence-corrected chi connectivity index (χ0v) is 16.2. The van der Waals surface area contributed by atoms with Crippen molar-refractivity contribution >= 4 is 23.4 Å². The van der Waals surface area contributed by atoms with E-state index < -0.39 is 0 Å². The zero-order valence-electron chi connectivity index (χ0n) is 15.4. The number of hydrogen-bond acceptors (Lipinski definition) is 4. The van der Waals surface area contributed by atoms with Crippen molar-refractivity contribution in [1.29, 1.82) is 0 Å². The van der Waals surface area contributed by atoms with E-state index in [9.17, 15) is 4.79 Å². The molecule has 1 heterocycles. The van der Waals surface area contributed by atoms with Crippen LogP contribution in [0.2, 0.25) is 0 Å². The molecule has 1 aromatic heterocycles.